The molecule has 186 valence electrons. The highest BCUT2D eigenvalue weighted by Gasteiger charge is 2.20. The summed E-state index contributed by atoms with van der Waals surface area (Å²) >= 11 is 6.56. The Labute approximate surface area is 213 Å². The number of rotatable bonds is 6. The van der Waals surface area contributed by atoms with E-state index in [2.05, 4.69) is 21.8 Å². The maximum atomic E-state index is 13.5. The Hall–Kier alpha value is -3.16. The number of piperidine rings is 1. The number of benzene rings is 2. The molecule has 3 heterocycles. The van der Waals surface area contributed by atoms with E-state index in [1.807, 2.05) is 12.1 Å². The lowest BCUT2D eigenvalue weighted by molar-refractivity contribution is 0.192. The van der Waals surface area contributed by atoms with Crippen LogP contribution in [0, 0.1) is 17.6 Å². The molecule has 1 fully saturated rings. The number of hydrogen-bond acceptors (Lipinski definition) is 4. The fourth-order valence-corrected chi connectivity index (χ4v) is 5.14. The fourth-order valence-electron chi connectivity index (χ4n) is 4.90. The van der Waals surface area contributed by atoms with Crippen LogP contribution in [0.3, 0.4) is 0 Å². The van der Waals surface area contributed by atoms with Crippen molar-refractivity contribution in [3.8, 4) is 11.3 Å². The van der Waals surface area contributed by atoms with Gasteiger partial charge >= 0.3 is 0 Å². The summed E-state index contributed by atoms with van der Waals surface area (Å²) in [6.07, 6.45) is 5.15. The highest BCUT2D eigenvalue weighted by molar-refractivity contribution is 6.32. The van der Waals surface area contributed by atoms with Crippen LogP contribution in [0.4, 0.5) is 8.78 Å². The average Bonchev–Trinajstić information content (AvgIpc) is 2.85. The van der Waals surface area contributed by atoms with Crippen LogP contribution in [0.2, 0.25) is 5.02 Å². The van der Waals surface area contributed by atoms with Gasteiger partial charge in [-0.15, -0.1) is 0 Å². The molecule has 0 atom stereocenters. The standard InChI is InChI=1S/C28H27ClF2N4O/c1-2-35-7-5-17(6-8-35)9-19-13-26-23(15-24(19)29)28(36)34-27(33-26)10-18-3-4-25(32-16-18)20-11-21(30)14-22(31)12-20/h3-4,11-17H,2,5-10H2,1H3,(H,33,34,36). The Morgan fingerprint density at radius 1 is 1.08 bits per heavy atom. The highest BCUT2D eigenvalue weighted by Crippen LogP contribution is 2.28. The molecule has 2 aromatic heterocycles. The molecule has 2 aromatic carbocycles. The van der Waals surface area contributed by atoms with Gasteiger partial charge in [0.15, 0.2) is 0 Å². The van der Waals surface area contributed by atoms with Gasteiger partial charge in [-0.3, -0.25) is 9.78 Å². The molecule has 5 nitrogen and oxygen atoms in total. The maximum Gasteiger partial charge on any atom is 0.258 e. The first kappa shape index (κ1) is 24.5. The maximum absolute atomic E-state index is 13.5. The van der Waals surface area contributed by atoms with E-state index in [4.69, 9.17) is 16.6 Å². The van der Waals surface area contributed by atoms with Crippen LogP contribution in [0.5, 0.6) is 0 Å². The van der Waals surface area contributed by atoms with Crippen molar-refractivity contribution in [2.24, 2.45) is 5.92 Å². The van der Waals surface area contributed by atoms with Gasteiger partial charge in [-0.2, -0.15) is 0 Å². The molecule has 1 aliphatic rings. The summed E-state index contributed by atoms with van der Waals surface area (Å²) < 4.78 is 27.1. The van der Waals surface area contributed by atoms with Gasteiger partial charge < -0.3 is 9.88 Å². The van der Waals surface area contributed by atoms with Crippen molar-refractivity contribution >= 4 is 22.5 Å². The summed E-state index contributed by atoms with van der Waals surface area (Å²) in [5.41, 5.74) is 3.05. The van der Waals surface area contributed by atoms with Crippen molar-refractivity contribution in [1.29, 1.82) is 0 Å². The smallest absolute Gasteiger partial charge is 0.258 e. The number of fused-ring (bicyclic) bond motifs is 1. The van der Waals surface area contributed by atoms with Gasteiger partial charge in [0, 0.05) is 29.3 Å². The van der Waals surface area contributed by atoms with Crippen LogP contribution in [-0.2, 0) is 12.8 Å². The summed E-state index contributed by atoms with van der Waals surface area (Å²) in [6.45, 7) is 5.49. The first-order chi connectivity index (χ1) is 17.4. The van der Waals surface area contributed by atoms with Crippen LogP contribution in [0.15, 0.2) is 53.5 Å². The number of hydrogen-bond donors (Lipinski definition) is 1. The Bertz CT molecular complexity index is 1430. The number of H-pyrrole nitrogens is 1. The second-order valence-corrected chi connectivity index (χ2v) is 9.85. The first-order valence-electron chi connectivity index (χ1n) is 12.2. The number of nitrogens with one attached hydrogen (secondary N) is 1. The normalized spacial score (nSPS) is 15.0. The molecule has 0 aliphatic carbocycles. The van der Waals surface area contributed by atoms with Crippen molar-refractivity contribution < 1.29 is 8.78 Å². The summed E-state index contributed by atoms with van der Waals surface area (Å²) in [7, 11) is 0. The van der Waals surface area contributed by atoms with Crippen molar-refractivity contribution in [3.05, 3.63) is 92.6 Å². The van der Waals surface area contributed by atoms with E-state index in [-0.39, 0.29) is 5.56 Å². The van der Waals surface area contributed by atoms with Gasteiger partial charge in [-0.05, 0) is 86.3 Å². The van der Waals surface area contributed by atoms with Gasteiger partial charge in [0.2, 0.25) is 0 Å². The molecule has 1 N–H and O–H groups in total. The summed E-state index contributed by atoms with van der Waals surface area (Å²) in [4.78, 5) is 27.1. The fraction of sp³-hybridized carbons (Fsp3) is 0.321. The molecule has 0 unspecified atom stereocenters. The lowest BCUT2D eigenvalue weighted by Gasteiger charge is -2.31. The third-order valence-electron chi connectivity index (χ3n) is 6.94. The third kappa shape index (κ3) is 5.47. The van der Waals surface area contributed by atoms with Gasteiger partial charge in [0.05, 0.1) is 16.6 Å². The quantitative estimate of drug-likeness (QED) is 0.358. The number of nitrogens with zero attached hydrogens (tertiary/aromatic N) is 3. The summed E-state index contributed by atoms with van der Waals surface area (Å²) in [6, 6.07) is 10.5. The molecule has 0 bridgehead atoms. The van der Waals surface area contributed by atoms with Crippen LogP contribution < -0.4 is 5.56 Å². The number of likely N-dealkylation sites (tertiary alicyclic amines) is 1. The van der Waals surface area contributed by atoms with Gasteiger partial charge in [-0.1, -0.05) is 24.6 Å². The van der Waals surface area contributed by atoms with Crippen molar-refractivity contribution in [3.63, 3.8) is 0 Å². The minimum atomic E-state index is -0.653. The number of aromatic nitrogens is 3. The Morgan fingerprint density at radius 3 is 2.50 bits per heavy atom. The van der Waals surface area contributed by atoms with Crippen LogP contribution in [-0.4, -0.2) is 39.5 Å². The molecular formula is C28H27ClF2N4O. The van der Waals surface area contributed by atoms with Crippen molar-refractivity contribution in [2.45, 2.75) is 32.6 Å². The number of halogens is 3. The molecule has 8 heteroatoms. The minimum Gasteiger partial charge on any atom is -0.310 e. The summed E-state index contributed by atoms with van der Waals surface area (Å²) in [5, 5.41) is 1.07. The zero-order valence-electron chi connectivity index (χ0n) is 20.0. The Morgan fingerprint density at radius 2 is 1.83 bits per heavy atom. The van der Waals surface area contributed by atoms with Gasteiger partial charge in [0.25, 0.3) is 5.56 Å². The molecule has 1 saturated heterocycles. The Kier molecular flexibility index (Phi) is 7.12. The van der Waals surface area contributed by atoms with Crippen LogP contribution in [0.25, 0.3) is 22.2 Å². The first-order valence-corrected chi connectivity index (χ1v) is 12.6. The number of aromatic amines is 1. The molecule has 0 radical (unpaired) electrons. The zero-order chi connectivity index (χ0) is 25.2. The molecule has 36 heavy (non-hydrogen) atoms. The van der Waals surface area contributed by atoms with Gasteiger partial charge in [0.1, 0.15) is 17.5 Å². The van der Waals surface area contributed by atoms with E-state index in [9.17, 15) is 13.6 Å². The SMILES string of the molecule is CCN1CCC(Cc2cc3nc(Cc4ccc(-c5cc(F)cc(F)c5)nc4)[nH]c(=O)c3cc2Cl)CC1. The average molecular weight is 509 g/mol. The predicted octanol–water partition coefficient (Wildman–Crippen LogP) is 5.78. The lowest BCUT2D eigenvalue weighted by atomic mass is 9.90. The van der Waals surface area contributed by atoms with Crippen LogP contribution >= 0.6 is 11.6 Å². The largest absolute Gasteiger partial charge is 0.310 e. The number of pyridine rings is 1. The topological polar surface area (TPSA) is 61.9 Å². The lowest BCUT2D eigenvalue weighted by Crippen LogP contribution is -2.34. The molecule has 1 aliphatic heterocycles. The van der Waals surface area contributed by atoms with Crippen LogP contribution in [0.1, 0.15) is 36.7 Å². The monoisotopic (exact) mass is 508 g/mol. The van der Waals surface area contributed by atoms with E-state index < -0.39 is 11.6 Å². The molecule has 0 spiro atoms. The van der Waals surface area contributed by atoms with E-state index in [1.54, 1.807) is 18.3 Å². The molecule has 5 rings (SSSR count). The molecular weight excluding hydrogens is 482 g/mol. The van der Waals surface area contributed by atoms with Crippen molar-refractivity contribution in [1.82, 2.24) is 19.9 Å². The van der Waals surface area contributed by atoms with E-state index in [1.165, 1.54) is 12.1 Å². The zero-order valence-corrected chi connectivity index (χ0v) is 20.8. The summed E-state index contributed by atoms with van der Waals surface area (Å²) in [5.74, 6) is -0.219. The predicted molar refractivity (Wildman–Crippen MR) is 138 cm³/mol. The van der Waals surface area contributed by atoms with E-state index in [0.717, 1.165) is 56.1 Å². The molecule has 0 amide bonds. The molecule has 0 saturated carbocycles. The van der Waals surface area contributed by atoms with Gasteiger partial charge in [-0.25, -0.2) is 13.8 Å². The molecule has 4 aromatic rings. The highest BCUT2D eigenvalue weighted by atomic mass is 35.5. The third-order valence-corrected chi connectivity index (χ3v) is 7.29. The second kappa shape index (κ2) is 10.4. The van der Waals surface area contributed by atoms with E-state index in [0.29, 0.717) is 45.3 Å². The Balaban J connectivity index is 1.36. The van der Waals surface area contributed by atoms with E-state index >= 15 is 0 Å². The minimum absolute atomic E-state index is 0.237. The van der Waals surface area contributed by atoms with Crippen molar-refractivity contribution in [2.75, 3.05) is 19.6 Å². The second-order valence-electron chi connectivity index (χ2n) is 9.44.